The van der Waals surface area contributed by atoms with Gasteiger partial charge in [-0.25, -0.2) is 0 Å². The van der Waals surface area contributed by atoms with Crippen molar-refractivity contribution in [3.05, 3.63) is 12.2 Å². The second-order valence-electron chi connectivity index (χ2n) is 25.6. The number of hydrogen-bond acceptors (Lipinski definition) is 5. The molecule has 0 saturated heterocycles. The Morgan fingerprint density at radius 2 is 0.575 bits per heavy atom. The molecule has 2 unspecified atom stereocenters. The van der Waals surface area contributed by atoms with Crippen LogP contribution in [0.4, 0.5) is 0 Å². The number of carbonyl (C=O) groups is 2. The van der Waals surface area contributed by atoms with Crippen LogP contribution in [0, 0.1) is 0 Å². The van der Waals surface area contributed by atoms with Crippen molar-refractivity contribution in [2.75, 3.05) is 13.2 Å². The lowest BCUT2D eigenvalue weighted by molar-refractivity contribution is -0.143. The maximum absolute atomic E-state index is 12.5. The van der Waals surface area contributed by atoms with E-state index in [1.54, 1.807) is 6.08 Å². The Morgan fingerprint density at radius 1 is 0.338 bits per heavy atom. The predicted octanol–water partition coefficient (Wildman–Crippen LogP) is 23.9. The van der Waals surface area contributed by atoms with E-state index in [2.05, 4.69) is 19.2 Å². The molecule has 0 spiro atoms. The highest BCUT2D eigenvalue weighted by atomic mass is 16.5. The minimum Gasteiger partial charge on any atom is -0.466 e. The van der Waals surface area contributed by atoms with Gasteiger partial charge in [0.25, 0.3) is 0 Å². The topological polar surface area (TPSA) is 95.9 Å². The Balaban J connectivity index is 3.36. The summed E-state index contributed by atoms with van der Waals surface area (Å²) in [6.45, 7) is 4.95. The molecular weight excluding hydrogens is 983 g/mol. The van der Waals surface area contributed by atoms with E-state index in [1.807, 2.05) is 6.08 Å². The number of ether oxygens (including phenoxy) is 1. The van der Waals surface area contributed by atoms with Gasteiger partial charge in [-0.05, 0) is 32.1 Å². The van der Waals surface area contributed by atoms with Crippen LogP contribution in [0.2, 0.25) is 0 Å². The van der Waals surface area contributed by atoms with Crippen LogP contribution in [0.1, 0.15) is 425 Å². The molecule has 476 valence electrons. The van der Waals surface area contributed by atoms with E-state index in [4.69, 9.17) is 4.74 Å². The number of esters is 1. The molecule has 0 aromatic rings. The van der Waals surface area contributed by atoms with Crippen molar-refractivity contribution in [2.45, 2.75) is 437 Å². The molecule has 0 aliphatic rings. The lowest BCUT2D eigenvalue weighted by atomic mass is 10.0. The van der Waals surface area contributed by atoms with Crippen LogP contribution in [-0.4, -0.2) is 47.4 Å². The van der Waals surface area contributed by atoms with Crippen molar-refractivity contribution < 1.29 is 24.5 Å². The number of aliphatic hydroxyl groups excluding tert-OH is 2. The zero-order chi connectivity index (χ0) is 57.8. The lowest BCUT2D eigenvalue weighted by Gasteiger charge is -2.20. The highest BCUT2D eigenvalue weighted by Crippen LogP contribution is 2.20. The van der Waals surface area contributed by atoms with E-state index >= 15 is 0 Å². The first-order valence-corrected chi connectivity index (χ1v) is 37.0. The second-order valence-corrected chi connectivity index (χ2v) is 25.6. The van der Waals surface area contributed by atoms with E-state index in [0.29, 0.717) is 19.4 Å². The van der Waals surface area contributed by atoms with E-state index in [9.17, 15) is 19.8 Å². The first kappa shape index (κ1) is 78.6. The summed E-state index contributed by atoms with van der Waals surface area (Å²) in [5, 5.41) is 23.3. The third-order valence-corrected chi connectivity index (χ3v) is 17.6. The predicted molar refractivity (Wildman–Crippen MR) is 352 cm³/mol. The Hall–Kier alpha value is -1.40. The van der Waals surface area contributed by atoms with Crippen LogP contribution in [0.25, 0.3) is 0 Å². The van der Waals surface area contributed by atoms with Crippen molar-refractivity contribution >= 4 is 11.9 Å². The molecule has 0 aliphatic carbocycles. The molecule has 80 heavy (non-hydrogen) atoms. The average molecular weight is 1130 g/mol. The molecule has 0 aromatic heterocycles. The zero-order valence-electron chi connectivity index (χ0n) is 54.6. The highest BCUT2D eigenvalue weighted by molar-refractivity contribution is 5.76. The van der Waals surface area contributed by atoms with Crippen LogP contribution in [0.5, 0.6) is 0 Å². The summed E-state index contributed by atoms with van der Waals surface area (Å²) >= 11 is 0. The van der Waals surface area contributed by atoms with Gasteiger partial charge in [-0.2, -0.15) is 0 Å². The third-order valence-electron chi connectivity index (χ3n) is 17.6. The number of allylic oxidation sites excluding steroid dienone is 1. The Morgan fingerprint density at radius 3 is 0.850 bits per heavy atom. The minimum atomic E-state index is -0.842. The normalized spacial score (nSPS) is 12.5. The van der Waals surface area contributed by atoms with Gasteiger partial charge in [0.1, 0.15) is 0 Å². The lowest BCUT2D eigenvalue weighted by Crippen LogP contribution is -2.45. The van der Waals surface area contributed by atoms with Crippen LogP contribution in [-0.2, 0) is 14.3 Å². The van der Waals surface area contributed by atoms with Crippen molar-refractivity contribution in [2.24, 2.45) is 0 Å². The number of amides is 1. The quantitative estimate of drug-likeness (QED) is 0.0320. The van der Waals surface area contributed by atoms with E-state index in [-0.39, 0.29) is 18.5 Å². The molecular formula is C74H145NO5. The summed E-state index contributed by atoms with van der Waals surface area (Å²) in [5.74, 6) is -0.0385. The molecule has 6 heteroatoms. The largest absolute Gasteiger partial charge is 0.466 e. The van der Waals surface area contributed by atoms with Crippen molar-refractivity contribution in [1.29, 1.82) is 0 Å². The molecule has 1 amide bonds. The molecule has 6 nitrogen and oxygen atoms in total. The summed E-state index contributed by atoms with van der Waals surface area (Å²) in [5.41, 5.74) is 0. The average Bonchev–Trinajstić information content (AvgIpc) is 3.46. The summed E-state index contributed by atoms with van der Waals surface area (Å²) in [6, 6.07) is -0.625. The van der Waals surface area contributed by atoms with Crippen LogP contribution < -0.4 is 5.32 Å². The molecule has 0 fully saturated rings. The van der Waals surface area contributed by atoms with Gasteiger partial charge in [0, 0.05) is 12.8 Å². The van der Waals surface area contributed by atoms with Crippen LogP contribution in [0.3, 0.4) is 0 Å². The Labute approximate surface area is 501 Å². The molecule has 0 rings (SSSR count). The fourth-order valence-corrected chi connectivity index (χ4v) is 11.9. The van der Waals surface area contributed by atoms with E-state index in [1.165, 1.54) is 360 Å². The first-order valence-electron chi connectivity index (χ1n) is 37.0. The zero-order valence-corrected chi connectivity index (χ0v) is 54.6. The molecule has 0 saturated carbocycles. The third kappa shape index (κ3) is 65.7. The van der Waals surface area contributed by atoms with E-state index in [0.717, 1.165) is 38.5 Å². The maximum atomic E-state index is 12.5. The van der Waals surface area contributed by atoms with Gasteiger partial charge in [-0.1, -0.05) is 392 Å². The summed E-state index contributed by atoms with van der Waals surface area (Å²) in [6.07, 6.45) is 87.4. The summed E-state index contributed by atoms with van der Waals surface area (Å²) in [7, 11) is 0. The van der Waals surface area contributed by atoms with Gasteiger partial charge in [0.05, 0.1) is 25.4 Å². The molecule has 0 bridgehead atoms. The fraction of sp³-hybridized carbons (Fsp3) is 0.946. The van der Waals surface area contributed by atoms with Gasteiger partial charge in [0.2, 0.25) is 5.91 Å². The summed E-state index contributed by atoms with van der Waals surface area (Å²) < 4.78 is 5.49. The number of carbonyl (C=O) groups excluding carboxylic acids is 2. The van der Waals surface area contributed by atoms with Gasteiger partial charge in [0.15, 0.2) is 0 Å². The van der Waals surface area contributed by atoms with Crippen molar-refractivity contribution in [1.82, 2.24) is 5.32 Å². The van der Waals surface area contributed by atoms with Crippen molar-refractivity contribution in [3.8, 4) is 0 Å². The second kappa shape index (κ2) is 70.1. The molecule has 0 heterocycles. The fourth-order valence-electron chi connectivity index (χ4n) is 11.9. The smallest absolute Gasteiger partial charge is 0.305 e. The van der Waals surface area contributed by atoms with Gasteiger partial charge in [-0.15, -0.1) is 0 Å². The minimum absolute atomic E-state index is 0.0209. The SMILES string of the molecule is CCCCCCCCCCCCCCCCCCCCCC/C=C/C(O)C(CO)NC(=O)CCCCCCCCCCCCCCCCCCCCCCCCCCCCCCCOC(=O)CCCCCCCCCCCCCC. The first-order chi connectivity index (χ1) is 39.5. The summed E-state index contributed by atoms with van der Waals surface area (Å²) in [4.78, 5) is 24.6. The molecule has 3 N–H and O–H groups in total. The van der Waals surface area contributed by atoms with Crippen molar-refractivity contribution in [3.63, 3.8) is 0 Å². The number of aliphatic hydroxyl groups is 2. The number of hydrogen-bond donors (Lipinski definition) is 3. The van der Waals surface area contributed by atoms with E-state index < -0.39 is 12.1 Å². The number of nitrogens with one attached hydrogen (secondary N) is 1. The standard InChI is InChI=1S/C74H145NO5/c1-3-5-7-9-11-13-15-17-18-19-20-21-31-34-37-40-43-46-50-54-58-62-66-72(77)71(70-76)75-73(78)67-63-59-55-51-47-44-41-38-35-32-29-27-25-23-22-24-26-28-30-33-36-39-42-45-49-53-57-61-65-69-80-74(79)68-64-60-56-52-48-16-14-12-10-8-6-4-2/h62,66,71-72,76-77H,3-61,63-65,67-70H2,1-2H3,(H,75,78)/b66-62+. The van der Waals surface area contributed by atoms with Gasteiger partial charge in [-0.3, -0.25) is 9.59 Å². The van der Waals surface area contributed by atoms with Crippen LogP contribution >= 0.6 is 0 Å². The number of rotatable bonds is 70. The molecule has 0 radical (unpaired) electrons. The molecule has 2 atom stereocenters. The molecule has 0 aliphatic heterocycles. The maximum Gasteiger partial charge on any atom is 0.305 e. The Bertz CT molecular complexity index is 1210. The van der Waals surface area contributed by atoms with Crippen LogP contribution in [0.15, 0.2) is 12.2 Å². The van der Waals surface area contributed by atoms with Gasteiger partial charge < -0.3 is 20.3 Å². The molecule has 0 aromatic carbocycles. The van der Waals surface area contributed by atoms with Gasteiger partial charge >= 0.3 is 5.97 Å². The Kier molecular flexibility index (Phi) is 68.9. The number of unbranched alkanes of at least 4 members (excludes halogenated alkanes) is 59. The highest BCUT2D eigenvalue weighted by Gasteiger charge is 2.18. The monoisotopic (exact) mass is 1130 g/mol.